The van der Waals surface area contributed by atoms with Crippen molar-refractivity contribution in [1.82, 2.24) is 9.97 Å². The molecule has 4 aromatic rings. The van der Waals surface area contributed by atoms with Gasteiger partial charge in [0.1, 0.15) is 11.6 Å². The predicted octanol–water partition coefficient (Wildman–Crippen LogP) is 4.19. The van der Waals surface area contributed by atoms with Crippen LogP contribution in [0.2, 0.25) is 0 Å². The first kappa shape index (κ1) is 17.1. The molecule has 0 saturated carbocycles. The summed E-state index contributed by atoms with van der Waals surface area (Å²) in [6, 6.07) is 23.9. The summed E-state index contributed by atoms with van der Waals surface area (Å²) >= 11 is 0. The van der Waals surface area contributed by atoms with Crippen LogP contribution < -0.4 is 10.6 Å². The normalized spacial score (nSPS) is 11.0. The summed E-state index contributed by atoms with van der Waals surface area (Å²) in [7, 11) is 0. The van der Waals surface area contributed by atoms with Gasteiger partial charge in [-0.3, -0.25) is 14.8 Å². The van der Waals surface area contributed by atoms with Crippen LogP contribution in [0.25, 0.3) is 11.0 Å². The second-order valence-corrected chi connectivity index (χ2v) is 6.11. The number of nitrogens with zero attached hydrogens (tertiary/aromatic N) is 2. The third kappa shape index (κ3) is 3.65. The quantitative estimate of drug-likeness (QED) is 0.524. The lowest BCUT2D eigenvalue weighted by atomic mass is 10.0. The molecule has 0 bridgehead atoms. The first-order chi connectivity index (χ1) is 13.4. The molecule has 0 aliphatic rings. The van der Waals surface area contributed by atoms with Crippen LogP contribution in [0.4, 0.5) is 0 Å². The fourth-order valence-electron chi connectivity index (χ4n) is 3.06. The SMILES string of the molecule is NOCc1cnc2cccnc2c1OC(c1ccccc1)c1ccccc1. The van der Waals surface area contributed by atoms with Crippen molar-refractivity contribution in [2.24, 2.45) is 5.90 Å². The van der Waals surface area contributed by atoms with Crippen molar-refractivity contribution >= 4 is 11.0 Å². The van der Waals surface area contributed by atoms with E-state index < -0.39 is 0 Å². The molecule has 4 rings (SSSR count). The highest BCUT2D eigenvalue weighted by atomic mass is 16.6. The van der Waals surface area contributed by atoms with Crippen molar-refractivity contribution in [3.63, 3.8) is 0 Å². The topological polar surface area (TPSA) is 70.3 Å². The van der Waals surface area contributed by atoms with E-state index >= 15 is 0 Å². The van der Waals surface area contributed by atoms with E-state index in [1.54, 1.807) is 12.4 Å². The van der Waals surface area contributed by atoms with Gasteiger partial charge in [-0.25, -0.2) is 5.90 Å². The fraction of sp³-hybridized carbons (Fsp3) is 0.0909. The summed E-state index contributed by atoms with van der Waals surface area (Å²) < 4.78 is 6.55. The molecule has 2 aromatic heterocycles. The van der Waals surface area contributed by atoms with Crippen LogP contribution in [0.3, 0.4) is 0 Å². The van der Waals surface area contributed by atoms with Crippen LogP contribution >= 0.6 is 0 Å². The number of fused-ring (bicyclic) bond motifs is 1. The highest BCUT2D eigenvalue weighted by Gasteiger charge is 2.20. The van der Waals surface area contributed by atoms with Crippen LogP contribution in [-0.4, -0.2) is 9.97 Å². The Kier molecular flexibility index (Phi) is 5.05. The summed E-state index contributed by atoms with van der Waals surface area (Å²) in [4.78, 5) is 13.8. The van der Waals surface area contributed by atoms with Crippen LogP contribution in [0.1, 0.15) is 22.8 Å². The van der Waals surface area contributed by atoms with E-state index in [9.17, 15) is 0 Å². The Bertz CT molecular complexity index is 984. The second kappa shape index (κ2) is 7.95. The molecule has 0 atom stereocenters. The number of ether oxygens (including phenoxy) is 1. The number of nitrogens with two attached hydrogens (primary N) is 1. The zero-order chi connectivity index (χ0) is 18.5. The second-order valence-electron chi connectivity index (χ2n) is 6.11. The third-order valence-electron chi connectivity index (χ3n) is 4.33. The monoisotopic (exact) mass is 357 g/mol. The maximum absolute atomic E-state index is 6.55. The largest absolute Gasteiger partial charge is 0.478 e. The average Bonchev–Trinajstić information content (AvgIpc) is 2.74. The van der Waals surface area contributed by atoms with Crippen molar-refractivity contribution in [1.29, 1.82) is 0 Å². The van der Waals surface area contributed by atoms with Gasteiger partial charge in [-0.2, -0.15) is 0 Å². The highest BCUT2D eigenvalue weighted by molar-refractivity contribution is 5.81. The van der Waals surface area contributed by atoms with Gasteiger partial charge in [-0.1, -0.05) is 60.7 Å². The minimum absolute atomic E-state index is 0.186. The summed E-state index contributed by atoms with van der Waals surface area (Å²) in [6.45, 7) is 0.186. The van der Waals surface area contributed by atoms with Crippen molar-refractivity contribution < 1.29 is 9.57 Å². The van der Waals surface area contributed by atoms with Gasteiger partial charge in [0, 0.05) is 18.0 Å². The van der Waals surface area contributed by atoms with Gasteiger partial charge >= 0.3 is 0 Å². The van der Waals surface area contributed by atoms with Crippen LogP contribution in [-0.2, 0) is 11.4 Å². The smallest absolute Gasteiger partial charge is 0.155 e. The zero-order valence-electron chi connectivity index (χ0n) is 14.7. The number of aromatic nitrogens is 2. The third-order valence-corrected chi connectivity index (χ3v) is 4.33. The predicted molar refractivity (Wildman–Crippen MR) is 104 cm³/mol. The summed E-state index contributed by atoms with van der Waals surface area (Å²) in [5.41, 5.74) is 4.28. The molecular formula is C22H19N3O2. The molecule has 2 heterocycles. The maximum atomic E-state index is 6.55. The summed E-state index contributed by atoms with van der Waals surface area (Å²) in [5, 5.41) is 0. The van der Waals surface area contributed by atoms with Crippen molar-refractivity contribution in [2.45, 2.75) is 12.7 Å². The molecule has 27 heavy (non-hydrogen) atoms. The van der Waals surface area contributed by atoms with E-state index in [1.807, 2.05) is 72.8 Å². The van der Waals surface area contributed by atoms with Crippen LogP contribution in [0.15, 0.2) is 85.2 Å². The lowest BCUT2D eigenvalue weighted by Gasteiger charge is -2.22. The molecule has 0 fully saturated rings. The molecule has 0 aliphatic heterocycles. The minimum atomic E-state index is -0.295. The molecule has 134 valence electrons. The Balaban J connectivity index is 1.85. The zero-order valence-corrected chi connectivity index (χ0v) is 14.7. The molecule has 0 spiro atoms. The van der Waals surface area contributed by atoms with Gasteiger partial charge in [0.25, 0.3) is 0 Å². The number of hydrogen-bond donors (Lipinski definition) is 1. The number of rotatable bonds is 6. The fourth-order valence-corrected chi connectivity index (χ4v) is 3.06. The first-order valence-electron chi connectivity index (χ1n) is 8.67. The van der Waals surface area contributed by atoms with E-state index in [-0.39, 0.29) is 12.7 Å². The van der Waals surface area contributed by atoms with Crippen molar-refractivity contribution in [3.05, 3.63) is 102 Å². The molecule has 5 nitrogen and oxygen atoms in total. The molecule has 0 unspecified atom stereocenters. The number of benzene rings is 2. The first-order valence-corrected chi connectivity index (χ1v) is 8.67. The van der Waals surface area contributed by atoms with Crippen molar-refractivity contribution in [2.75, 3.05) is 0 Å². The molecule has 2 aromatic carbocycles. The number of hydrogen-bond acceptors (Lipinski definition) is 5. The van der Waals surface area contributed by atoms with Gasteiger partial charge in [-0.15, -0.1) is 0 Å². The molecular weight excluding hydrogens is 338 g/mol. The molecule has 0 aliphatic carbocycles. The van der Waals surface area contributed by atoms with Crippen LogP contribution in [0, 0.1) is 0 Å². The molecule has 0 radical (unpaired) electrons. The van der Waals surface area contributed by atoms with E-state index in [2.05, 4.69) is 9.97 Å². The van der Waals surface area contributed by atoms with E-state index in [1.165, 1.54) is 0 Å². The van der Waals surface area contributed by atoms with Gasteiger partial charge in [0.05, 0.1) is 12.1 Å². The Morgan fingerprint density at radius 1 is 0.815 bits per heavy atom. The van der Waals surface area contributed by atoms with Gasteiger partial charge in [0.2, 0.25) is 0 Å². The molecule has 5 heteroatoms. The van der Waals surface area contributed by atoms with Gasteiger partial charge in [0.15, 0.2) is 5.75 Å². The standard InChI is InChI=1S/C22H19N3O2/c23-26-15-18-14-25-19-12-7-13-24-20(19)22(18)27-21(16-8-3-1-4-9-16)17-10-5-2-6-11-17/h1-14,21H,15,23H2. The maximum Gasteiger partial charge on any atom is 0.155 e. The van der Waals surface area contributed by atoms with Gasteiger partial charge < -0.3 is 4.74 Å². The Morgan fingerprint density at radius 2 is 1.48 bits per heavy atom. The lowest BCUT2D eigenvalue weighted by molar-refractivity contribution is 0.119. The van der Waals surface area contributed by atoms with Crippen molar-refractivity contribution in [3.8, 4) is 5.75 Å². The lowest BCUT2D eigenvalue weighted by Crippen LogP contribution is -2.12. The van der Waals surface area contributed by atoms with Gasteiger partial charge in [-0.05, 0) is 23.3 Å². The Hall–Kier alpha value is -3.28. The number of pyridine rings is 2. The van der Waals surface area contributed by atoms with E-state index in [0.29, 0.717) is 11.3 Å². The average molecular weight is 357 g/mol. The Morgan fingerprint density at radius 3 is 2.11 bits per heavy atom. The Labute approximate surface area is 157 Å². The van der Waals surface area contributed by atoms with Crippen LogP contribution in [0.5, 0.6) is 5.75 Å². The highest BCUT2D eigenvalue weighted by Crippen LogP contribution is 2.34. The van der Waals surface area contributed by atoms with E-state index in [4.69, 9.17) is 15.5 Å². The molecule has 2 N–H and O–H groups in total. The summed E-state index contributed by atoms with van der Waals surface area (Å²) in [5.74, 6) is 5.95. The minimum Gasteiger partial charge on any atom is -0.478 e. The van der Waals surface area contributed by atoms with E-state index in [0.717, 1.165) is 22.2 Å². The molecule has 0 amide bonds. The molecule has 0 saturated heterocycles. The summed E-state index contributed by atoms with van der Waals surface area (Å²) in [6.07, 6.45) is 3.15.